The Bertz CT molecular complexity index is 691. The topological polar surface area (TPSA) is 60.2 Å². The van der Waals surface area contributed by atoms with Gasteiger partial charge in [-0.15, -0.1) is 0 Å². The Morgan fingerprint density at radius 2 is 2.09 bits per heavy atom. The van der Waals surface area contributed by atoms with Gasteiger partial charge < -0.3 is 14.6 Å². The Labute approximate surface area is 134 Å². The molecule has 3 heterocycles. The summed E-state index contributed by atoms with van der Waals surface area (Å²) in [5.74, 6) is 1.15. The molecule has 2 unspecified atom stereocenters. The minimum atomic E-state index is -0.316. The Hall–Kier alpha value is -1.79. The van der Waals surface area contributed by atoms with Crippen molar-refractivity contribution in [1.82, 2.24) is 15.5 Å². The molecule has 0 radical (unpaired) electrons. The first-order valence-electron chi connectivity index (χ1n) is 8.10. The van der Waals surface area contributed by atoms with Gasteiger partial charge in [0.2, 0.25) is 0 Å². The quantitative estimate of drug-likeness (QED) is 0.939. The first-order chi connectivity index (χ1) is 11.2. The molecule has 4 rings (SSSR count). The fraction of sp³-hybridized carbons (Fsp3) is 0.529. The highest BCUT2D eigenvalue weighted by Crippen LogP contribution is 2.36. The number of rotatable bonds is 4. The lowest BCUT2D eigenvalue weighted by atomic mass is 9.92. The van der Waals surface area contributed by atoms with Crippen LogP contribution in [-0.4, -0.2) is 29.3 Å². The second kappa shape index (κ2) is 6.02. The van der Waals surface area contributed by atoms with Crippen LogP contribution in [-0.2, 0) is 11.3 Å². The van der Waals surface area contributed by atoms with Crippen molar-refractivity contribution in [2.45, 2.75) is 50.3 Å². The molecule has 0 amide bonds. The predicted octanol–water partition coefficient (Wildman–Crippen LogP) is 3.02. The molecule has 122 valence electrons. The summed E-state index contributed by atoms with van der Waals surface area (Å²) in [6.07, 6.45) is 4.57. The number of halogens is 1. The van der Waals surface area contributed by atoms with Crippen molar-refractivity contribution in [2.75, 3.05) is 7.11 Å². The van der Waals surface area contributed by atoms with Gasteiger partial charge in [-0.05, 0) is 37.8 Å². The lowest BCUT2D eigenvalue weighted by Crippen LogP contribution is -2.37. The number of aromatic nitrogens is 2. The van der Waals surface area contributed by atoms with Gasteiger partial charge in [0.15, 0.2) is 5.82 Å². The maximum Gasteiger partial charge on any atom is 0.258 e. The summed E-state index contributed by atoms with van der Waals surface area (Å²) < 4.78 is 24.4. The molecule has 2 aromatic rings. The maximum atomic E-state index is 14.0. The lowest BCUT2D eigenvalue weighted by molar-refractivity contribution is 0.181. The Morgan fingerprint density at radius 3 is 2.78 bits per heavy atom. The van der Waals surface area contributed by atoms with Crippen LogP contribution >= 0.6 is 0 Å². The largest absolute Gasteiger partial charge is 0.380 e. The van der Waals surface area contributed by atoms with Gasteiger partial charge in [0.25, 0.3) is 5.89 Å². The van der Waals surface area contributed by atoms with Crippen LogP contribution in [0.1, 0.15) is 43.0 Å². The Balaban J connectivity index is 1.55. The predicted molar refractivity (Wildman–Crippen MR) is 82.3 cm³/mol. The van der Waals surface area contributed by atoms with E-state index in [1.807, 2.05) is 0 Å². The van der Waals surface area contributed by atoms with Crippen molar-refractivity contribution >= 4 is 0 Å². The van der Waals surface area contributed by atoms with Gasteiger partial charge in [-0.1, -0.05) is 11.2 Å². The molecule has 0 spiro atoms. The molecular weight excluding hydrogens is 297 g/mol. The van der Waals surface area contributed by atoms with Gasteiger partial charge in [0.1, 0.15) is 5.82 Å². The highest BCUT2D eigenvalue weighted by Gasteiger charge is 2.36. The van der Waals surface area contributed by atoms with Crippen LogP contribution in [0.15, 0.2) is 22.7 Å². The third-order valence-corrected chi connectivity index (χ3v) is 4.88. The molecule has 1 aromatic carbocycles. The van der Waals surface area contributed by atoms with Crippen LogP contribution in [0.5, 0.6) is 0 Å². The van der Waals surface area contributed by atoms with Crippen molar-refractivity contribution in [2.24, 2.45) is 0 Å². The molecule has 0 aliphatic carbocycles. The van der Waals surface area contributed by atoms with Crippen molar-refractivity contribution in [3.05, 3.63) is 35.4 Å². The summed E-state index contributed by atoms with van der Waals surface area (Å²) in [6.45, 7) is 0.249. The number of piperidine rings is 1. The molecule has 2 aliphatic heterocycles. The summed E-state index contributed by atoms with van der Waals surface area (Å²) in [5, 5.41) is 7.75. The van der Waals surface area contributed by atoms with E-state index in [0.29, 0.717) is 35.0 Å². The first kappa shape index (κ1) is 14.8. The Morgan fingerprint density at radius 1 is 1.30 bits per heavy atom. The van der Waals surface area contributed by atoms with E-state index in [1.165, 1.54) is 18.9 Å². The van der Waals surface area contributed by atoms with Crippen LogP contribution in [0.4, 0.5) is 4.39 Å². The molecule has 2 aliphatic rings. The van der Waals surface area contributed by atoms with E-state index in [0.717, 1.165) is 18.7 Å². The summed E-state index contributed by atoms with van der Waals surface area (Å²) in [5.41, 5.74) is 1.13. The van der Waals surface area contributed by atoms with Crippen LogP contribution in [0.25, 0.3) is 11.5 Å². The minimum absolute atomic E-state index is 0.249. The number of nitrogens with one attached hydrogen (secondary N) is 1. The highest BCUT2D eigenvalue weighted by molar-refractivity contribution is 5.53. The van der Waals surface area contributed by atoms with E-state index in [-0.39, 0.29) is 12.4 Å². The molecule has 2 bridgehead atoms. The van der Waals surface area contributed by atoms with Gasteiger partial charge in [0.05, 0.1) is 6.61 Å². The average Bonchev–Trinajstić information content (AvgIpc) is 3.16. The summed E-state index contributed by atoms with van der Waals surface area (Å²) in [6, 6.07) is 6.07. The van der Waals surface area contributed by atoms with Crippen molar-refractivity contribution in [3.8, 4) is 11.5 Å². The number of hydrogen-bond donors (Lipinski definition) is 1. The standard InChI is InChI=1S/C17H20FN3O2/c1-22-9-11-3-2-10(8-15(11)18)17-20-16(21-23-17)12-6-13-4-5-14(7-12)19-13/h2-3,8,12-14,19H,4-7,9H2,1H3. The molecule has 23 heavy (non-hydrogen) atoms. The lowest BCUT2D eigenvalue weighted by Gasteiger charge is -2.26. The van der Waals surface area contributed by atoms with E-state index in [1.54, 1.807) is 19.2 Å². The van der Waals surface area contributed by atoms with Gasteiger partial charge >= 0.3 is 0 Å². The molecule has 2 atom stereocenters. The van der Waals surface area contributed by atoms with Crippen molar-refractivity contribution in [3.63, 3.8) is 0 Å². The average molecular weight is 317 g/mol. The number of ether oxygens (including phenoxy) is 1. The highest BCUT2D eigenvalue weighted by atomic mass is 19.1. The van der Waals surface area contributed by atoms with E-state index in [4.69, 9.17) is 9.26 Å². The number of hydrogen-bond acceptors (Lipinski definition) is 5. The summed E-state index contributed by atoms with van der Waals surface area (Å²) >= 11 is 0. The normalized spacial score (nSPS) is 26.6. The van der Waals surface area contributed by atoms with E-state index in [9.17, 15) is 4.39 Å². The molecule has 1 N–H and O–H groups in total. The smallest absolute Gasteiger partial charge is 0.258 e. The third-order valence-electron chi connectivity index (χ3n) is 4.88. The van der Waals surface area contributed by atoms with Gasteiger partial charge in [0, 0.05) is 36.2 Å². The number of fused-ring (bicyclic) bond motifs is 2. The van der Waals surface area contributed by atoms with Crippen LogP contribution in [0, 0.1) is 5.82 Å². The second-order valence-electron chi connectivity index (χ2n) is 6.50. The van der Waals surface area contributed by atoms with Gasteiger partial charge in [-0.2, -0.15) is 4.98 Å². The summed E-state index contributed by atoms with van der Waals surface area (Å²) in [7, 11) is 1.55. The van der Waals surface area contributed by atoms with Gasteiger partial charge in [-0.25, -0.2) is 4.39 Å². The number of benzene rings is 1. The molecule has 5 nitrogen and oxygen atoms in total. The molecule has 0 saturated carbocycles. The number of methoxy groups -OCH3 is 1. The minimum Gasteiger partial charge on any atom is -0.380 e. The van der Waals surface area contributed by atoms with Crippen LogP contribution < -0.4 is 5.32 Å². The number of nitrogens with zero attached hydrogens (tertiary/aromatic N) is 2. The van der Waals surface area contributed by atoms with Crippen molar-refractivity contribution in [1.29, 1.82) is 0 Å². The zero-order valence-electron chi connectivity index (χ0n) is 13.1. The van der Waals surface area contributed by atoms with Crippen molar-refractivity contribution < 1.29 is 13.7 Å². The zero-order valence-corrected chi connectivity index (χ0v) is 13.1. The molecule has 2 fully saturated rings. The molecule has 1 aromatic heterocycles. The van der Waals surface area contributed by atoms with Gasteiger partial charge in [-0.3, -0.25) is 0 Å². The fourth-order valence-electron chi connectivity index (χ4n) is 3.74. The fourth-order valence-corrected chi connectivity index (χ4v) is 3.74. The maximum absolute atomic E-state index is 14.0. The molecule has 6 heteroatoms. The van der Waals surface area contributed by atoms with E-state index >= 15 is 0 Å². The first-order valence-corrected chi connectivity index (χ1v) is 8.10. The zero-order chi connectivity index (χ0) is 15.8. The third kappa shape index (κ3) is 2.88. The van der Waals surface area contributed by atoms with Crippen LogP contribution in [0.3, 0.4) is 0 Å². The van der Waals surface area contributed by atoms with Crippen LogP contribution in [0.2, 0.25) is 0 Å². The molecular formula is C17H20FN3O2. The monoisotopic (exact) mass is 317 g/mol. The Kier molecular flexibility index (Phi) is 3.87. The second-order valence-corrected chi connectivity index (χ2v) is 6.50. The van der Waals surface area contributed by atoms with E-state index < -0.39 is 0 Å². The SMILES string of the molecule is COCc1ccc(-c2nc(C3CC4CCC(C3)N4)no2)cc1F. The summed E-state index contributed by atoms with van der Waals surface area (Å²) in [4.78, 5) is 4.51. The van der Waals surface area contributed by atoms with E-state index in [2.05, 4.69) is 15.5 Å². The molecule has 2 saturated heterocycles.